The third-order valence-corrected chi connectivity index (χ3v) is 3.44. The number of nitrogens with zero attached hydrogens (tertiary/aromatic N) is 1. The summed E-state index contributed by atoms with van der Waals surface area (Å²) in [6, 6.07) is 10.9. The molecule has 0 spiro atoms. The smallest absolute Gasteiger partial charge is 0.00156 e. The van der Waals surface area contributed by atoms with Crippen molar-refractivity contribution in [3.63, 3.8) is 0 Å². The molecular formula is C17H29N. The van der Waals surface area contributed by atoms with E-state index in [1.807, 2.05) is 0 Å². The van der Waals surface area contributed by atoms with Crippen molar-refractivity contribution in [3.8, 4) is 0 Å². The predicted octanol–water partition coefficient (Wildman–Crippen LogP) is 4.52. The maximum Gasteiger partial charge on any atom is -0.00156 e. The highest BCUT2D eigenvalue weighted by Gasteiger charge is 2.03. The van der Waals surface area contributed by atoms with E-state index in [0.29, 0.717) is 0 Å². The van der Waals surface area contributed by atoms with Gasteiger partial charge < -0.3 is 4.90 Å². The standard InChI is InChI=1S/C17H29N/c1-3-5-14-18(15-6-4-2)16-10-13-17-11-8-7-9-12-17/h7-9,11-12H,3-6,10,13-16H2,1-2H3. The Morgan fingerprint density at radius 3 is 1.89 bits per heavy atom. The summed E-state index contributed by atoms with van der Waals surface area (Å²) in [5.41, 5.74) is 1.48. The molecule has 0 saturated heterocycles. The Morgan fingerprint density at radius 2 is 1.33 bits per heavy atom. The zero-order chi connectivity index (χ0) is 13.1. The number of hydrogen-bond acceptors (Lipinski definition) is 1. The highest BCUT2D eigenvalue weighted by atomic mass is 15.1. The molecule has 0 radical (unpaired) electrons. The predicted molar refractivity (Wildman–Crippen MR) is 81.0 cm³/mol. The van der Waals surface area contributed by atoms with Gasteiger partial charge in [0, 0.05) is 0 Å². The van der Waals surface area contributed by atoms with E-state index < -0.39 is 0 Å². The maximum absolute atomic E-state index is 2.65. The first kappa shape index (κ1) is 15.2. The summed E-state index contributed by atoms with van der Waals surface area (Å²) < 4.78 is 0. The van der Waals surface area contributed by atoms with Crippen molar-refractivity contribution in [2.45, 2.75) is 52.4 Å². The summed E-state index contributed by atoms with van der Waals surface area (Å²) in [5.74, 6) is 0. The fourth-order valence-corrected chi connectivity index (χ4v) is 2.25. The molecule has 18 heavy (non-hydrogen) atoms. The Bertz CT molecular complexity index is 273. The van der Waals surface area contributed by atoms with Crippen molar-refractivity contribution in [2.75, 3.05) is 19.6 Å². The molecule has 0 saturated carbocycles. The molecule has 1 aromatic rings. The molecule has 0 fully saturated rings. The van der Waals surface area contributed by atoms with Crippen molar-refractivity contribution in [1.29, 1.82) is 0 Å². The van der Waals surface area contributed by atoms with E-state index in [9.17, 15) is 0 Å². The Balaban J connectivity index is 2.23. The van der Waals surface area contributed by atoms with Gasteiger partial charge in [0.1, 0.15) is 0 Å². The van der Waals surface area contributed by atoms with Gasteiger partial charge in [0.15, 0.2) is 0 Å². The van der Waals surface area contributed by atoms with Crippen LogP contribution in [0.2, 0.25) is 0 Å². The lowest BCUT2D eigenvalue weighted by Gasteiger charge is -2.21. The van der Waals surface area contributed by atoms with Gasteiger partial charge in [-0.2, -0.15) is 0 Å². The Hall–Kier alpha value is -0.820. The molecule has 0 aliphatic carbocycles. The van der Waals surface area contributed by atoms with Crippen LogP contribution in [0.3, 0.4) is 0 Å². The minimum Gasteiger partial charge on any atom is -0.303 e. The first-order valence-corrected chi connectivity index (χ1v) is 7.63. The summed E-state index contributed by atoms with van der Waals surface area (Å²) >= 11 is 0. The molecule has 0 aromatic heterocycles. The van der Waals surface area contributed by atoms with E-state index in [1.165, 1.54) is 63.7 Å². The third-order valence-electron chi connectivity index (χ3n) is 3.44. The summed E-state index contributed by atoms with van der Waals surface area (Å²) in [6.07, 6.45) is 7.81. The fraction of sp³-hybridized carbons (Fsp3) is 0.647. The molecule has 0 unspecified atom stereocenters. The van der Waals surface area contributed by atoms with Crippen molar-refractivity contribution >= 4 is 0 Å². The van der Waals surface area contributed by atoms with E-state index in [1.54, 1.807) is 0 Å². The molecule has 1 heteroatoms. The van der Waals surface area contributed by atoms with Crippen LogP contribution in [0.15, 0.2) is 30.3 Å². The van der Waals surface area contributed by atoms with Gasteiger partial charge >= 0.3 is 0 Å². The normalized spacial score (nSPS) is 11.1. The quantitative estimate of drug-likeness (QED) is 0.587. The van der Waals surface area contributed by atoms with E-state index in [4.69, 9.17) is 0 Å². The molecule has 0 heterocycles. The van der Waals surface area contributed by atoms with Crippen LogP contribution in [-0.4, -0.2) is 24.5 Å². The van der Waals surface area contributed by atoms with Crippen LogP contribution in [0.1, 0.15) is 51.5 Å². The fourth-order valence-electron chi connectivity index (χ4n) is 2.25. The second-order valence-corrected chi connectivity index (χ2v) is 5.14. The van der Waals surface area contributed by atoms with Gasteiger partial charge in [0.2, 0.25) is 0 Å². The summed E-state index contributed by atoms with van der Waals surface area (Å²) in [5, 5.41) is 0. The average molecular weight is 247 g/mol. The third kappa shape index (κ3) is 6.80. The van der Waals surface area contributed by atoms with Crippen LogP contribution in [0.4, 0.5) is 0 Å². The average Bonchev–Trinajstić information content (AvgIpc) is 2.42. The number of rotatable bonds is 10. The second kappa shape index (κ2) is 10.1. The van der Waals surface area contributed by atoms with Crippen molar-refractivity contribution in [3.05, 3.63) is 35.9 Å². The highest BCUT2D eigenvalue weighted by Crippen LogP contribution is 2.05. The monoisotopic (exact) mass is 247 g/mol. The van der Waals surface area contributed by atoms with Gasteiger partial charge in [0.05, 0.1) is 0 Å². The van der Waals surface area contributed by atoms with Crippen LogP contribution in [0.5, 0.6) is 0 Å². The molecule has 0 amide bonds. The van der Waals surface area contributed by atoms with E-state index in [0.717, 1.165) is 0 Å². The summed E-state index contributed by atoms with van der Waals surface area (Å²) in [4.78, 5) is 2.65. The van der Waals surface area contributed by atoms with E-state index in [-0.39, 0.29) is 0 Å². The Morgan fingerprint density at radius 1 is 0.778 bits per heavy atom. The van der Waals surface area contributed by atoms with Crippen molar-refractivity contribution < 1.29 is 0 Å². The van der Waals surface area contributed by atoms with E-state index in [2.05, 4.69) is 49.1 Å². The lowest BCUT2D eigenvalue weighted by atomic mass is 10.1. The molecule has 1 nitrogen and oxygen atoms in total. The summed E-state index contributed by atoms with van der Waals surface area (Å²) in [7, 11) is 0. The van der Waals surface area contributed by atoms with E-state index >= 15 is 0 Å². The van der Waals surface area contributed by atoms with Crippen LogP contribution in [0.25, 0.3) is 0 Å². The molecule has 0 N–H and O–H groups in total. The molecule has 0 atom stereocenters. The number of hydrogen-bond donors (Lipinski definition) is 0. The van der Waals surface area contributed by atoms with Gasteiger partial charge in [-0.05, 0) is 50.9 Å². The van der Waals surface area contributed by atoms with Gasteiger partial charge in [-0.15, -0.1) is 0 Å². The molecule has 102 valence electrons. The van der Waals surface area contributed by atoms with Crippen LogP contribution >= 0.6 is 0 Å². The van der Waals surface area contributed by atoms with Crippen molar-refractivity contribution in [2.24, 2.45) is 0 Å². The van der Waals surface area contributed by atoms with Gasteiger partial charge in [-0.25, -0.2) is 0 Å². The minimum absolute atomic E-state index is 1.22. The number of benzene rings is 1. The van der Waals surface area contributed by atoms with Gasteiger partial charge in [-0.1, -0.05) is 57.0 Å². The Labute approximate surface area is 113 Å². The SMILES string of the molecule is CCCCN(CCCC)CCCc1ccccc1. The summed E-state index contributed by atoms with van der Waals surface area (Å²) in [6.45, 7) is 8.38. The maximum atomic E-state index is 2.65. The molecule has 1 aromatic carbocycles. The number of aryl methyl sites for hydroxylation is 1. The molecule has 0 bridgehead atoms. The second-order valence-electron chi connectivity index (χ2n) is 5.14. The van der Waals surface area contributed by atoms with Crippen molar-refractivity contribution in [1.82, 2.24) is 4.90 Å². The lowest BCUT2D eigenvalue weighted by molar-refractivity contribution is 0.262. The first-order valence-electron chi connectivity index (χ1n) is 7.63. The number of unbranched alkanes of at least 4 members (excludes halogenated alkanes) is 2. The minimum atomic E-state index is 1.22. The molecular weight excluding hydrogens is 218 g/mol. The van der Waals surface area contributed by atoms with Crippen LogP contribution in [0, 0.1) is 0 Å². The largest absolute Gasteiger partial charge is 0.303 e. The molecule has 0 aliphatic heterocycles. The molecule has 0 aliphatic rings. The molecule has 1 rings (SSSR count). The highest BCUT2D eigenvalue weighted by molar-refractivity contribution is 5.14. The van der Waals surface area contributed by atoms with Gasteiger partial charge in [-0.3, -0.25) is 0 Å². The van der Waals surface area contributed by atoms with Crippen LogP contribution < -0.4 is 0 Å². The lowest BCUT2D eigenvalue weighted by Crippen LogP contribution is -2.27. The zero-order valence-electron chi connectivity index (χ0n) is 12.2. The topological polar surface area (TPSA) is 3.24 Å². The van der Waals surface area contributed by atoms with Gasteiger partial charge in [0.25, 0.3) is 0 Å². The Kier molecular flexibility index (Phi) is 8.58. The van der Waals surface area contributed by atoms with Crippen LogP contribution in [-0.2, 0) is 6.42 Å². The zero-order valence-corrected chi connectivity index (χ0v) is 12.2. The first-order chi connectivity index (χ1) is 8.86.